The minimum atomic E-state index is -0.279. The molecule has 1 unspecified atom stereocenters. The van der Waals surface area contributed by atoms with Crippen molar-refractivity contribution in [1.29, 1.82) is 0 Å². The van der Waals surface area contributed by atoms with Gasteiger partial charge in [0, 0.05) is 32.7 Å². The SMILES string of the molecule is CCC(C(=O)N1CCN(Cc2ccccc2C)CC1)n1nc(C)c(Cl)c1C. The van der Waals surface area contributed by atoms with Crippen molar-refractivity contribution in [3.8, 4) is 0 Å². The van der Waals surface area contributed by atoms with Crippen molar-refractivity contribution in [2.45, 2.75) is 46.7 Å². The van der Waals surface area contributed by atoms with Gasteiger partial charge in [0.15, 0.2) is 0 Å². The van der Waals surface area contributed by atoms with Gasteiger partial charge in [-0.1, -0.05) is 42.8 Å². The van der Waals surface area contributed by atoms with Crippen LogP contribution in [-0.2, 0) is 11.3 Å². The van der Waals surface area contributed by atoms with Gasteiger partial charge in [0.2, 0.25) is 5.91 Å². The number of hydrogen-bond donors (Lipinski definition) is 0. The predicted molar refractivity (Wildman–Crippen MR) is 109 cm³/mol. The molecule has 0 bridgehead atoms. The average Bonchev–Trinajstić information content (AvgIpc) is 2.92. The number of aryl methyl sites for hydroxylation is 2. The third-order valence-corrected chi connectivity index (χ3v) is 6.09. The van der Waals surface area contributed by atoms with E-state index in [4.69, 9.17) is 11.6 Å². The van der Waals surface area contributed by atoms with Gasteiger partial charge in [0.1, 0.15) is 6.04 Å². The number of nitrogens with zero attached hydrogens (tertiary/aromatic N) is 4. The quantitative estimate of drug-likeness (QED) is 0.783. The van der Waals surface area contributed by atoms with Crippen LogP contribution < -0.4 is 0 Å². The Bertz CT molecular complexity index is 809. The van der Waals surface area contributed by atoms with Gasteiger partial charge in [-0.05, 0) is 38.3 Å². The van der Waals surface area contributed by atoms with Gasteiger partial charge in [-0.25, -0.2) is 0 Å². The second-order valence-corrected chi connectivity index (χ2v) is 7.76. The molecule has 6 heteroatoms. The van der Waals surface area contributed by atoms with Gasteiger partial charge in [-0.3, -0.25) is 14.4 Å². The van der Waals surface area contributed by atoms with Gasteiger partial charge in [-0.15, -0.1) is 0 Å². The van der Waals surface area contributed by atoms with E-state index >= 15 is 0 Å². The maximum Gasteiger partial charge on any atom is 0.247 e. The van der Waals surface area contributed by atoms with Crippen molar-refractivity contribution in [3.05, 3.63) is 51.8 Å². The number of carbonyl (C=O) groups excluding carboxylic acids is 1. The molecule has 2 heterocycles. The summed E-state index contributed by atoms with van der Waals surface area (Å²) in [6.07, 6.45) is 0.709. The summed E-state index contributed by atoms with van der Waals surface area (Å²) in [4.78, 5) is 17.5. The van der Waals surface area contributed by atoms with Crippen LogP contribution in [0.5, 0.6) is 0 Å². The fraction of sp³-hybridized carbons (Fsp3) is 0.524. The molecule has 27 heavy (non-hydrogen) atoms. The van der Waals surface area contributed by atoms with Gasteiger partial charge in [-0.2, -0.15) is 5.10 Å². The molecule has 1 aromatic carbocycles. The smallest absolute Gasteiger partial charge is 0.247 e. The first-order valence-corrected chi connectivity index (χ1v) is 10.1. The standard InChI is InChI=1S/C21H29ClN4O/c1-5-19(26-17(4)20(22)16(3)23-26)21(27)25-12-10-24(11-13-25)14-18-9-7-6-8-15(18)2/h6-9,19H,5,10-14H2,1-4H3. The van der Waals surface area contributed by atoms with E-state index in [1.54, 1.807) is 4.68 Å². The molecule has 0 aliphatic carbocycles. The van der Waals surface area contributed by atoms with Crippen molar-refractivity contribution >= 4 is 17.5 Å². The summed E-state index contributed by atoms with van der Waals surface area (Å²) >= 11 is 6.28. The van der Waals surface area contributed by atoms with Crippen molar-refractivity contribution < 1.29 is 4.79 Å². The molecular formula is C21H29ClN4O. The van der Waals surface area contributed by atoms with Crippen LogP contribution in [0.2, 0.25) is 5.02 Å². The molecular weight excluding hydrogens is 360 g/mol. The van der Waals surface area contributed by atoms with Gasteiger partial charge in [0.25, 0.3) is 0 Å². The van der Waals surface area contributed by atoms with E-state index in [2.05, 4.69) is 41.2 Å². The zero-order chi connectivity index (χ0) is 19.6. The summed E-state index contributed by atoms with van der Waals surface area (Å²) in [5.74, 6) is 0.148. The van der Waals surface area contributed by atoms with E-state index in [1.165, 1.54) is 11.1 Å². The first-order valence-electron chi connectivity index (χ1n) is 9.69. The first kappa shape index (κ1) is 19.9. The number of hydrogen-bond acceptors (Lipinski definition) is 3. The Labute approximate surface area is 166 Å². The second kappa shape index (κ2) is 8.44. The van der Waals surface area contributed by atoms with Crippen LogP contribution in [-0.4, -0.2) is 51.7 Å². The van der Waals surface area contributed by atoms with Crippen LogP contribution in [0.15, 0.2) is 24.3 Å². The van der Waals surface area contributed by atoms with E-state index in [-0.39, 0.29) is 11.9 Å². The van der Waals surface area contributed by atoms with E-state index < -0.39 is 0 Å². The molecule has 0 saturated carbocycles. The number of rotatable bonds is 5. The third-order valence-electron chi connectivity index (χ3n) is 5.54. The number of amides is 1. The average molecular weight is 389 g/mol. The number of halogens is 1. The molecule has 1 aliphatic heterocycles. The number of piperazine rings is 1. The third kappa shape index (κ3) is 4.19. The van der Waals surface area contributed by atoms with Gasteiger partial charge < -0.3 is 4.90 Å². The lowest BCUT2D eigenvalue weighted by atomic mass is 10.1. The Morgan fingerprint density at radius 1 is 1.15 bits per heavy atom. The maximum absolute atomic E-state index is 13.1. The van der Waals surface area contributed by atoms with Crippen LogP contribution in [0.1, 0.15) is 41.9 Å². The summed E-state index contributed by atoms with van der Waals surface area (Å²) < 4.78 is 1.81. The molecule has 0 N–H and O–H groups in total. The molecule has 0 radical (unpaired) electrons. The molecule has 0 spiro atoms. The monoisotopic (exact) mass is 388 g/mol. The van der Waals surface area contributed by atoms with Crippen LogP contribution >= 0.6 is 11.6 Å². The Morgan fingerprint density at radius 2 is 1.81 bits per heavy atom. The van der Waals surface area contributed by atoms with Crippen molar-refractivity contribution in [3.63, 3.8) is 0 Å². The molecule has 1 amide bonds. The number of benzene rings is 1. The number of carbonyl (C=O) groups is 1. The summed E-state index contributed by atoms with van der Waals surface area (Å²) in [5.41, 5.74) is 4.33. The molecule has 1 atom stereocenters. The molecule has 1 aromatic heterocycles. The summed E-state index contributed by atoms with van der Waals surface area (Å²) in [5, 5.41) is 5.16. The minimum Gasteiger partial charge on any atom is -0.338 e. The maximum atomic E-state index is 13.1. The van der Waals surface area contributed by atoms with E-state index in [1.807, 2.05) is 25.7 Å². The molecule has 1 fully saturated rings. The lowest BCUT2D eigenvalue weighted by molar-refractivity contribution is -0.137. The van der Waals surface area contributed by atoms with Crippen molar-refractivity contribution in [1.82, 2.24) is 19.6 Å². The lowest BCUT2D eigenvalue weighted by Gasteiger charge is -2.36. The molecule has 146 valence electrons. The molecule has 3 rings (SSSR count). The number of aromatic nitrogens is 2. The zero-order valence-corrected chi connectivity index (χ0v) is 17.5. The van der Waals surface area contributed by atoms with Crippen LogP contribution in [0.4, 0.5) is 0 Å². The van der Waals surface area contributed by atoms with Crippen LogP contribution in [0, 0.1) is 20.8 Å². The van der Waals surface area contributed by atoms with E-state index in [9.17, 15) is 4.79 Å². The van der Waals surface area contributed by atoms with E-state index in [0.29, 0.717) is 11.4 Å². The summed E-state index contributed by atoms with van der Waals surface area (Å²) in [6.45, 7) is 12.2. The summed E-state index contributed by atoms with van der Waals surface area (Å²) in [7, 11) is 0. The van der Waals surface area contributed by atoms with Crippen molar-refractivity contribution in [2.24, 2.45) is 0 Å². The Hall–Kier alpha value is -1.85. The fourth-order valence-electron chi connectivity index (χ4n) is 3.76. The van der Waals surface area contributed by atoms with Crippen LogP contribution in [0.3, 0.4) is 0 Å². The Morgan fingerprint density at radius 3 is 2.37 bits per heavy atom. The van der Waals surface area contributed by atoms with E-state index in [0.717, 1.165) is 44.1 Å². The first-order chi connectivity index (χ1) is 12.9. The normalized spacial score (nSPS) is 16.6. The Balaban J connectivity index is 1.63. The second-order valence-electron chi connectivity index (χ2n) is 7.38. The molecule has 5 nitrogen and oxygen atoms in total. The topological polar surface area (TPSA) is 41.4 Å². The largest absolute Gasteiger partial charge is 0.338 e. The zero-order valence-electron chi connectivity index (χ0n) is 16.7. The van der Waals surface area contributed by atoms with Gasteiger partial charge >= 0.3 is 0 Å². The molecule has 2 aromatic rings. The Kier molecular flexibility index (Phi) is 6.22. The van der Waals surface area contributed by atoms with Crippen LogP contribution in [0.25, 0.3) is 0 Å². The highest BCUT2D eigenvalue weighted by Crippen LogP contribution is 2.25. The highest BCUT2D eigenvalue weighted by atomic mass is 35.5. The summed E-state index contributed by atoms with van der Waals surface area (Å²) in [6, 6.07) is 8.23. The van der Waals surface area contributed by atoms with Gasteiger partial charge in [0.05, 0.1) is 16.4 Å². The molecule has 1 saturated heterocycles. The lowest BCUT2D eigenvalue weighted by Crippen LogP contribution is -2.50. The predicted octanol–water partition coefficient (Wildman–Crippen LogP) is 3.76. The highest BCUT2D eigenvalue weighted by molar-refractivity contribution is 6.31. The van der Waals surface area contributed by atoms with Crippen molar-refractivity contribution in [2.75, 3.05) is 26.2 Å². The fourth-order valence-corrected chi connectivity index (χ4v) is 3.89. The highest BCUT2D eigenvalue weighted by Gasteiger charge is 2.29. The molecule has 1 aliphatic rings. The minimum absolute atomic E-state index is 0.148.